The molecule has 0 radical (unpaired) electrons. The SMILES string of the molecule is O=C(CNC(=O)[C@@H]1CC[C@@H]2CN1C(=O)N2OS(=O)(=O)O)C1CC1. The van der Waals surface area contributed by atoms with E-state index in [1.807, 2.05) is 0 Å². The Morgan fingerprint density at radius 2 is 1.96 bits per heavy atom. The quantitative estimate of drug-likeness (QED) is 0.594. The van der Waals surface area contributed by atoms with E-state index in [2.05, 4.69) is 9.60 Å². The minimum atomic E-state index is -4.81. The predicted octanol–water partition coefficient (Wildman–Crippen LogP) is -0.915. The van der Waals surface area contributed by atoms with E-state index in [0.29, 0.717) is 17.9 Å². The van der Waals surface area contributed by atoms with Crippen molar-refractivity contribution < 1.29 is 31.6 Å². The Labute approximate surface area is 132 Å². The number of Topliss-reactive ketones (excluding diaryl/α,β-unsaturated/α-hetero) is 1. The van der Waals surface area contributed by atoms with Crippen molar-refractivity contribution in [3.63, 3.8) is 0 Å². The maximum Gasteiger partial charge on any atom is 0.418 e. The lowest BCUT2D eigenvalue weighted by Gasteiger charge is -2.29. The Balaban J connectivity index is 1.61. The van der Waals surface area contributed by atoms with Crippen LogP contribution in [0, 0.1) is 5.92 Å². The highest BCUT2D eigenvalue weighted by molar-refractivity contribution is 7.80. The molecule has 0 aromatic heterocycles. The monoisotopic (exact) mass is 347 g/mol. The van der Waals surface area contributed by atoms with Crippen molar-refractivity contribution in [2.24, 2.45) is 5.92 Å². The number of nitrogens with one attached hydrogen (secondary N) is 1. The van der Waals surface area contributed by atoms with E-state index in [1.165, 1.54) is 4.90 Å². The molecule has 2 atom stereocenters. The van der Waals surface area contributed by atoms with Crippen molar-refractivity contribution >= 4 is 28.1 Å². The molecule has 1 saturated carbocycles. The minimum absolute atomic E-state index is 0.0175. The van der Waals surface area contributed by atoms with Crippen molar-refractivity contribution in [2.75, 3.05) is 13.1 Å². The van der Waals surface area contributed by atoms with Gasteiger partial charge >= 0.3 is 16.4 Å². The van der Waals surface area contributed by atoms with Crippen LogP contribution in [0.25, 0.3) is 0 Å². The normalized spacial score (nSPS) is 27.3. The number of urea groups is 1. The van der Waals surface area contributed by atoms with Crippen molar-refractivity contribution in [1.29, 1.82) is 0 Å². The lowest BCUT2D eigenvalue weighted by atomic mass is 10.0. The van der Waals surface area contributed by atoms with E-state index in [0.717, 1.165) is 12.8 Å². The van der Waals surface area contributed by atoms with Crippen LogP contribution in [0.3, 0.4) is 0 Å². The molecule has 2 N–H and O–H groups in total. The van der Waals surface area contributed by atoms with Crippen LogP contribution in [0.5, 0.6) is 0 Å². The van der Waals surface area contributed by atoms with Gasteiger partial charge in [0.2, 0.25) is 5.91 Å². The molecule has 1 aliphatic carbocycles. The van der Waals surface area contributed by atoms with Gasteiger partial charge in [0.25, 0.3) is 0 Å². The zero-order valence-electron chi connectivity index (χ0n) is 12.2. The molecule has 0 spiro atoms. The molecule has 3 rings (SSSR count). The number of carbonyl (C=O) groups is 3. The minimum Gasteiger partial charge on any atom is -0.347 e. The second kappa shape index (κ2) is 5.73. The molecule has 3 aliphatic rings. The largest absolute Gasteiger partial charge is 0.418 e. The molecule has 2 bridgehead atoms. The Kier molecular flexibility index (Phi) is 4.02. The van der Waals surface area contributed by atoms with E-state index in [-0.39, 0.29) is 24.8 Å². The number of nitrogens with zero attached hydrogens (tertiary/aromatic N) is 2. The molecular weight excluding hydrogens is 330 g/mol. The number of hydrogen-bond acceptors (Lipinski definition) is 6. The lowest BCUT2D eigenvalue weighted by molar-refractivity contribution is -0.129. The van der Waals surface area contributed by atoms with Gasteiger partial charge in [0.1, 0.15) is 6.04 Å². The third kappa shape index (κ3) is 3.46. The number of hydrogen-bond donors (Lipinski definition) is 2. The maximum atomic E-state index is 12.2. The van der Waals surface area contributed by atoms with E-state index >= 15 is 0 Å². The van der Waals surface area contributed by atoms with Gasteiger partial charge < -0.3 is 10.2 Å². The van der Waals surface area contributed by atoms with Gasteiger partial charge in [0, 0.05) is 12.5 Å². The van der Waals surface area contributed by atoms with Gasteiger partial charge in [-0.2, -0.15) is 13.5 Å². The first-order valence-electron chi connectivity index (χ1n) is 7.33. The number of carbonyl (C=O) groups excluding carboxylic acids is 3. The average Bonchev–Trinajstić information content (AvgIpc) is 3.29. The van der Waals surface area contributed by atoms with Gasteiger partial charge in [-0.05, 0) is 25.7 Å². The van der Waals surface area contributed by atoms with Crippen LogP contribution in [-0.4, -0.2) is 65.8 Å². The molecule has 3 amide bonds. The van der Waals surface area contributed by atoms with Gasteiger partial charge in [0.05, 0.1) is 12.6 Å². The molecule has 0 aromatic rings. The first kappa shape index (κ1) is 16.1. The molecule has 2 heterocycles. The Morgan fingerprint density at radius 1 is 1.26 bits per heavy atom. The first-order valence-corrected chi connectivity index (χ1v) is 8.70. The smallest absolute Gasteiger partial charge is 0.347 e. The van der Waals surface area contributed by atoms with Crippen molar-refractivity contribution in [3.05, 3.63) is 0 Å². The maximum absolute atomic E-state index is 12.2. The van der Waals surface area contributed by atoms with Crippen LogP contribution >= 0.6 is 0 Å². The van der Waals surface area contributed by atoms with E-state index in [1.54, 1.807) is 0 Å². The zero-order chi connectivity index (χ0) is 16.8. The Morgan fingerprint density at radius 3 is 2.57 bits per heavy atom. The average molecular weight is 347 g/mol. The van der Waals surface area contributed by atoms with Gasteiger partial charge in [-0.25, -0.2) is 4.79 Å². The highest BCUT2D eigenvalue weighted by atomic mass is 32.3. The number of amides is 3. The Bertz CT molecular complexity index is 645. The molecule has 2 aliphatic heterocycles. The summed E-state index contributed by atoms with van der Waals surface area (Å²) in [4.78, 5) is 37.1. The molecule has 23 heavy (non-hydrogen) atoms. The fourth-order valence-corrected chi connectivity index (χ4v) is 3.33. The summed E-state index contributed by atoms with van der Waals surface area (Å²) >= 11 is 0. The molecule has 0 aromatic carbocycles. The van der Waals surface area contributed by atoms with Gasteiger partial charge in [-0.1, -0.05) is 0 Å². The third-order valence-corrected chi connectivity index (χ3v) is 4.62. The second-order valence-electron chi connectivity index (χ2n) is 5.97. The molecule has 2 saturated heterocycles. The third-order valence-electron chi connectivity index (χ3n) is 4.27. The summed E-state index contributed by atoms with van der Waals surface area (Å²) in [5.74, 6) is -0.422. The van der Waals surface area contributed by atoms with Gasteiger partial charge in [-0.3, -0.25) is 14.1 Å². The summed E-state index contributed by atoms with van der Waals surface area (Å²) in [6, 6.07) is -2.11. The summed E-state index contributed by atoms with van der Waals surface area (Å²) in [5.41, 5.74) is 0. The standard InChI is InChI=1S/C12H17N3O7S/c16-10(7-1-2-7)5-13-11(17)9-4-3-8-6-14(9)12(18)15(8)22-23(19,20)21/h7-9H,1-6H2,(H,13,17)(H,19,20,21)/t8-,9+/m1/s1. The summed E-state index contributed by atoms with van der Waals surface area (Å²) in [6.45, 7) is 0.0692. The summed E-state index contributed by atoms with van der Waals surface area (Å²) in [5, 5.41) is 3.11. The van der Waals surface area contributed by atoms with Crippen LogP contribution in [0.1, 0.15) is 25.7 Å². The fraction of sp³-hybridized carbons (Fsp3) is 0.750. The second-order valence-corrected chi connectivity index (χ2v) is 6.97. The van der Waals surface area contributed by atoms with Crippen LogP contribution in [0.2, 0.25) is 0 Å². The van der Waals surface area contributed by atoms with Crippen molar-refractivity contribution in [2.45, 2.75) is 37.8 Å². The van der Waals surface area contributed by atoms with E-state index in [9.17, 15) is 22.8 Å². The first-order chi connectivity index (χ1) is 10.8. The highest BCUT2D eigenvalue weighted by Gasteiger charge is 2.49. The highest BCUT2D eigenvalue weighted by Crippen LogP contribution is 2.31. The number of fused-ring (bicyclic) bond motifs is 2. The van der Waals surface area contributed by atoms with E-state index in [4.69, 9.17) is 4.55 Å². The number of hydroxylamine groups is 2. The van der Waals surface area contributed by atoms with Crippen molar-refractivity contribution in [1.82, 2.24) is 15.3 Å². The summed E-state index contributed by atoms with van der Waals surface area (Å²) in [7, 11) is -4.81. The van der Waals surface area contributed by atoms with Crippen LogP contribution in [0.15, 0.2) is 0 Å². The van der Waals surface area contributed by atoms with Crippen molar-refractivity contribution in [3.8, 4) is 0 Å². The van der Waals surface area contributed by atoms with Gasteiger partial charge in [0.15, 0.2) is 5.78 Å². The fourth-order valence-electron chi connectivity index (χ4n) is 2.95. The summed E-state index contributed by atoms with van der Waals surface area (Å²) < 4.78 is 34.6. The molecule has 3 fully saturated rings. The zero-order valence-corrected chi connectivity index (χ0v) is 13.0. The van der Waals surface area contributed by atoms with E-state index < -0.39 is 34.4 Å². The molecule has 11 heteroatoms. The number of rotatable bonds is 6. The Hall–Kier alpha value is -1.72. The lowest BCUT2D eigenvalue weighted by Crippen LogP contribution is -2.50. The van der Waals surface area contributed by atoms with Crippen LogP contribution in [0.4, 0.5) is 4.79 Å². The number of piperidine rings is 1. The molecule has 0 unspecified atom stereocenters. The van der Waals surface area contributed by atoms with Crippen LogP contribution in [-0.2, 0) is 24.3 Å². The number of ketones is 1. The summed E-state index contributed by atoms with van der Waals surface area (Å²) in [6.07, 6.45) is 2.39. The van der Waals surface area contributed by atoms with Gasteiger partial charge in [-0.15, -0.1) is 4.28 Å². The predicted molar refractivity (Wildman–Crippen MR) is 74.1 cm³/mol. The molecule has 128 valence electrons. The topological polar surface area (TPSA) is 133 Å². The van der Waals surface area contributed by atoms with Crippen LogP contribution < -0.4 is 5.32 Å². The molecular formula is C12H17N3O7S. The molecule has 10 nitrogen and oxygen atoms in total.